The van der Waals surface area contributed by atoms with Crippen LogP contribution in [0.5, 0.6) is 0 Å². The van der Waals surface area contributed by atoms with Gasteiger partial charge in [0.2, 0.25) is 0 Å². The molecule has 2 aromatic carbocycles. The van der Waals surface area contributed by atoms with E-state index in [2.05, 4.69) is 10.3 Å². The van der Waals surface area contributed by atoms with Gasteiger partial charge in [-0.25, -0.2) is 4.99 Å². The number of nitro groups is 1. The Morgan fingerprint density at radius 3 is 2.48 bits per heavy atom. The largest absolute Gasteiger partial charge is 0.300 e. The fourth-order valence-corrected chi connectivity index (χ4v) is 3.41. The van der Waals surface area contributed by atoms with Crippen molar-refractivity contribution in [3.05, 3.63) is 73.1 Å². The molecule has 6 nitrogen and oxygen atoms in total. The SMILES string of the molecule is O=C1NC(=Nc2ccccc2[N+](=O)[O-])S/C1=C\c1c(Cl)cccc1Cl. The number of nitro benzene ring substituents is 1. The van der Waals surface area contributed by atoms with E-state index in [1.54, 1.807) is 36.4 Å². The number of amidine groups is 1. The van der Waals surface area contributed by atoms with Gasteiger partial charge in [-0.1, -0.05) is 41.4 Å². The predicted molar refractivity (Wildman–Crippen MR) is 100 cm³/mol. The second kappa shape index (κ2) is 7.26. The van der Waals surface area contributed by atoms with Crippen LogP contribution in [0.1, 0.15) is 5.56 Å². The topological polar surface area (TPSA) is 84.6 Å². The number of carbonyl (C=O) groups is 1. The van der Waals surface area contributed by atoms with Gasteiger partial charge in [0.25, 0.3) is 11.6 Å². The number of aliphatic imine (C=N–C) groups is 1. The van der Waals surface area contributed by atoms with Crippen LogP contribution in [0.15, 0.2) is 52.4 Å². The second-order valence-electron chi connectivity index (χ2n) is 4.86. The third-order valence-corrected chi connectivity index (χ3v) is 4.80. The maximum absolute atomic E-state index is 12.1. The van der Waals surface area contributed by atoms with Gasteiger partial charge in [0.1, 0.15) is 5.69 Å². The summed E-state index contributed by atoms with van der Waals surface area (Å²) >= 11 is 13.3. The molecule has 0 aliphatic carbocycles. The van der Waals surface area contributed by atoms with E-state index in [0.29, 0.717) is 20.5 Å². The van der Waals surface area contributed by atoms with Crippen molar-refractivity contribution < 1.29 is 9.72 Å². The van der Waals surface area contributed by atoms with Gasteiger partial charge in [-0.3, -0.25) is 14.9 Å². The van der Waals surface area contributed by atoms with Crippen molar-refractivity contribution in [3.63, 3.8) is 0 Å². The minimum absolute atomic E-state index is 0.142. The molecule has 0 radical (unpaired) electrons. The number of hydrogen-bond acceptors (Lipinski definition) is 5. The summed E-state index contributed by atoms with van der Waals surface area (Å²) in [7, 11) is 0. The Kier molecular flexibility index (Phi) is 5.08. The monoisotopic (exact) mass is 393 g/mol. The number of nitrogens with zero attached hydrogens (tertiary/aromatic N) is 2. The van der Waals surface area contributed by atoms with Crippen LogP contribution in [0.4, 0.5) is 11.4 Å². The van der Waals surface area contributed by atoms with Crippen LogP contribution in [0.25, 0.3) is 6.08 Å². The third-order valence-electron chi connectivity index (χ3n) is 3.23. The second-order valence-corrected chi connectivity index (χ2v) is 6.71. The fourth-order valence-electron chi connectivity index (χ4n) is 2.08. The summed E-state index contributed by atoms with van der Waals surface area (Å²) in [5, 5.41) is 14.7. The highest BCUT2D eigenvalue weighted by atomic mass is 35.5. The molecule has 2 aromatic rings. The molecule has 126 valence electrons. The van der Waals surface area contributed by atoms with E-state index in [0.717, 1.165) is 11.8 Å². The molecule has 1 N–H and O–H groups in total. The van der Waals surface area contributed by atoms with Gasteiger partial charge in [0.05, 0.1) is 9.83 Å². The quantitative estimate of drug-likeness (QED) is 0.461. The molecule has 1 aliphatic rings. The average molecular weight is 394 g/mol. The molecule has 0 atom stereocenters. The Labute approximate surface area is 156 Å². The van der Waals surface area contributed by atoms with E-state index >= 15 is 0 Å². The molecular formula is C16H9Cl2N3O3S. The molecule has 1 fully saturated rings. The van der Waals surface area contributed by atoms with Gasteiger partial charge in [-0.2, -0.15) is 0 Å². The van der Waals surface area contributed by atoms with Gasteiger partial charge < -0.3 is 5.32 Å². The lowest BCUT2D eigenvalue weighted by molar-refractivity contribution is -0.384. The molecule has 3 rings (SSSR count). The van der Waals surface area contributed by atoms with Crippen LogP contribution in [-0.4, -0.2) is 16.0 Å². The molecule has 0 unspecified atom stereocenters. The zero-order valence-corrected chi connectivity index (χ0v) is 14.7. The normalized spacial score (nSPS) is 17.1. The zero-order chi connectivity index (χ0) is 18.0. The van der Waals surface area contributed by atoms with E-state index in [1.165, 1.54) is 12.1 Å². The lowest BCUT2D eigenvalue weighted by Gasteiger charge is -2.01. The van der Waals surface area contributed by atoms with Crippen LogP contribution in [0.2, 0.25) is 10.0 Å². The number of amides is 1. The van der Waals surface area contributed by atoms with Crippen LogP contribution < -0.4 is 5.32 Å². The number of halogens is 2. The number of nitrogens with one attached hydrogen (secondary N) is 1. The van der Waals surface area contributed by atoms with E-state index in [-0.39, 0.29) is 22.4 Å². The number of rotatable bonds is 3. The lowest BCUT2D eigenvalue weighted by atomic mass is 10.2. The molecule has 1 heterocycles. The summed E-state index contributed by atoms with van der Waals surface area (Å²) in [6.07, 6.45) is 1.56. The summed E-state index contributed by atoms with van der Waals surface area (Å²) in [4.78, 5) is 27.1. The molecular weight excluding hydrogens is 385 g/mol. The summed E-state index contributed by atoms with van der Waals surface area (Å²) in [5.41, 5.74) is 0.541. The fraction of sp³-hybridized carbons (Fsp3) is 0. The highest BCUT2D eigenvalue weighted by Gasteiger charge is 2.25. The number of para-hydroxylation sites is 2. The van der Waals surface area contributed by atoms with Crippen molar-refractivity contribution in [2.45, 2.75) is 0 Å². The van der Waals surface area contributed by atoms with Crippen molar-refractivity contribution in [2.24, 2.45) is 4.99 Å². The molecule has 1 saturated heterocycles. The Morgan fingerprint density at radius 2 is 1.80 bits per heavy atom. The van der Waals surface area contributed by atoms with Crippen LogP contribution in [0, 0.1) is 10.1 Å². The van der Waals surface area contributed by atoms with Crippen molar-refractivity contribution in [3.8, 4) is 0 Å². The van der Waals surface area contributed by atoms with Gasteiger partial charge in [-0.05, 0) is 36.0 Å². The Bertz CT molecular complexity index is 924. The third kappa shape index (κ3) is 3.84. The predicted octanol–water partition coefficient (Wildman–Crippen LogP) is 4.79. The molecule has 25 heavy (non-hydrogen) atoms. The van der Waals surface area contributed by atoms with Crippen molar-refractivity contribution >= 4 is 63.5 Å². The molecule has 0 bridgehead atoms. The Balaban J connectivity index is 1.94. The first kappa shape index (κ1) is 17.5. The number of hydrogen-bond donors (Lipinski definition) is 1. The van der Waals surface area contributed by atoms with E-state index < -0.39 is 4.92 Å². The molecule has 0 spiro atoms. The van der Waals surface area contributed by atoms with Gasteiger partial charge in [-0.15, -0.1) is 0 Å². The number of thioether (sulfide) groups is 1. The molecule has 1 amide bonds. The summed E-state index contributed by atoms with van der Waals surface area (Å²) in [5.74, 6) is -0.377. The summed E-state index contributed by atoms with van der Waals surface area (Å²) in [6.45, 7) is 0. The van der Waals surface area contributed by atoms with Crippen molar-refractivity contribution in [1.29, 1.82) is 0 Å². The highest BCUT2D eigenvalue weighted by Crippen LogP contribution is 2.34. The highest BCUT2D eigenvalue weighted by molar-refractivity contribution is 8.18. The van der Waals surface area contributed by atoms with E-state index in [4.69, 9.17) is 23.2 Å². The Morgan fingerprint density at radius 1 is 1.12 bits per heavy atom. The van der Waals surface area contributed by atoms with Crippen molar-refractivity contribution in [1.82, 2.24) is 5.32 Å². The van der Waals surface area contributed by atoms with E-state index in [1.807, 2.05) is 0 Å². The average Bonchev–Trinajstić information content (AvgIpc) is 2.91. The minimum Gasteiger partial charge on any atom is -0.300 e. The van der Waals surface area contributed by atoms with Gasteiger partial charge >= 0.3 is 0 Å². The molecule has 9 heteroatoms. The smallest absolute Gasteiger partial charge is 0.294 e. The molecule has 0 aromatic heterocycles. The standard InChI is InChI=1S/C16H9Cl2N3O3S/c17-10-4-3-5-11(18)9(10)8-14-15(22)20-16(25-14)19-12-6-1-2-7-13(12)21(23)24/h1-8H,(H,19,20,22)/b14-8-. The first-order valence-corrected chi connectivity index (χ1v) is 8.50. The minimum atomic E-state index is -0.527. The maximum Gasteiger partial charge on any atom is 0.294 e. The Hall–Kier alpha value is -2.35. The van der Waals surface area contributed by atoms with Crippen LogP contribution >= 0.6 is 35.0 Å². The van der Waals surface area contributed by atoms with Crippen molar-refractivity contribution in [2.75, 3.05) is 0 Å². The summed E-state index contributed by atoms with van der Waals surface area (Å²) < 4.78 is 0. The van der Waals surface area contributed by atoms with E-state index in [9.17, 15) is 14.9 Å². The first-order valence-electron chi connectivity index (χ1n) is 6.93. The maximum atomic E-state index is 12.1. The van der Waals surface area contributed by atoms with Gasteiger partial charge in [0.15, 0.2) is 5.17 Å². The molecule has 0 saturated carbocycles. The summed E-state index contributed by atoms with van der Waals surface area (Å²) in [6, 6.07) is 11.1. The van der Waals surface area contributed by atoms with Crippen LogP contribution in [-0.2, 0) is 4.79 Å². The zero-order valence-electron chi connectivity index (χ0n) is 12.4. The van der Waals surface area contributed by atoms with Crippen LogP contribution in [0.3, 0.4) is 0 Å². The van der Waals surface area contributed by atoms with Gasteiger partial charge in [0, 0.05) is 21.7 Å². The number of carbonyl (C=O) groups excluding carboxylic acids is 1. The first-order chi connectivity index (χ1) is 12.0. The number of benzene rings is 2. The molecule has 1 aliphatic heterocycles. The lowest BCUT2D eigenvalue weighted by Crippen LogP contribution is -2.19.